The normalized spacial score (nSPS) is 12.4. The molecule has 0 unspecified atom stereocenters. The van der Waals surface area contributed by atoms with E-state index < -0.39 is 5.41 Å². The van der Waals surface area contributed by atoms with Crippen molar-refractivity contribution in [1.82, 2.24) is 4.90 Å². The molecule has 2 aromatic carbocycles. The molecular weight excluding hydrogens is 402 g/mol. The summed E-state index contributed by atoms with van der Waals surface area (Å²) in [5.41, 5.74) is 3.76. The molecule has 0 bridgehead atoms. The van der Waals surface area contributed by atoms with Gasteiger partial charge in [-0.05, 0) is 37.5 Å². The Morgan fingerprint density at radius 2 is 1.75 bits per heavy atom. The smallest absolute Gasteiger partial charge is 0.231 e. The second-order valence-corrected chi connectivity index (χ2v) is 8.44. The molecule has 0 fully saturated rings. The van der Waals surface area contributed by atoms with Crippen LogP contribution in [0.4, 0.5) is 0 Å². The Bertz CT molecular complexity index is 1000. The summed E-state index contributed by atoms with van der Waals surface area (Å²) < 4.78 is 11.9. The number of benzene rings is 2. The highest BCUT2D eigenvalue weighted by Crippen LogP contribution is 2.43. The van der Waals surface area contributed by atoms with E-state index in [1.807, 2.05) is 58.0 Å². The van der Waals surface area contributed by atoms with Crippen LogP contribution in [0.5, 0.6) is 11.5 Å². The summed E-state index contributed by atoms with van der Waals surface area (Å²) in [7, 11) is 5.07. The number of hydrogen-bond acceptors (Lipinski definition) is 4. The molecule has 32 heavy (non-hydrogen) atoms. The van der Waals surface area contributed by atoms with Crippen LogP contribution in [0, 0.1) is 5.41 Å². The molecule has 0 aliphatic heterocycles. The first-order valence-electron chi connectivity index (χ1n) is 11.0. The second-order valence-electron chi connectivity index (χ2n) is 8.44. The van der Waals surface area contributed by atoms with E-state index in [0.717, 1.165) is 34.2 Å². The first-order valence-corrected chi connectivity index (χ1v) is 11.0. The Morgan fingerprint density at radius 1 is 1.09 bits per heavy atom. The Kier molecular flexibility index (Phi) is 8.25. The van der Waals surface area contributed by atoms with Gasteiger partial charge < -0.3 is 14.4 Å². The molecule has 172 valence electrons. The number of Topliss-reactive ketones (excluding diaryl/α,β-unsaturated/α-hetero) is 1. The van der Waals surface area contributed by atoms with Gasteiger partial charge >= 0.3 is 0 Å². The van der Waals surface area contributed by atoms with Crippen LogP contribution in [-0.2, 0) is 11.2 Å². The quantitative estimate of drug-likeness (QED) is 0.561. The van der Waals surface area contributed by atoms with Crippen LogP contribution in [0.25, 0.3) is 17.2 Å². The molecule has 0 spiro atoms. The molecule has 1 aliphatic carbocycles. The van der Waals surface area contributed by atoms with Crippen molar-refractivity contribution < 1.29 is 19.1 Å². The maximum Gasteiger partial charge on any atom is 0.231 e. The van der Waals surface area contributed by atoms with Gasteiger partial charge in [0, 0.05) is 37.2 Å². The van der Waals surface area contributed by atoms with Crippen LogP contribution < -0.4 is 9.47 Å². The van der Waals surface area contributed by atoms with Crippen molar-refractivity contribution in [3.8, 4) is 22.6 Å². The number of carbonyl (C=O) groups excluding carboxylic acids is 2. The summed E-state index contributed by atoms with van der Waals surface area (Å²) in [6, 6.07) is 9.77. The highest BCUT2D eigenvalue weighted by Gasteiger charge is 2.31. The van der Waals surface area contributed by atoms with Crippen LogP contribution in [0.15, 0.2) is 36.9 Å². The van der Waals surface area contributed by atoms with E-state index in [1.165, 1.54) is 0 Å². The minimum absolute atomic E-state index is 0.0149. The van der Waals surface area contributed by atoms with Crippen LogP contribution >= 0.6 is 0 Å². The summed E-state index contributed by atoms with van der Waals surface area (Å²) in [6.07, 6.45) is 3.03. The highest BCUT2D eigenvalue weighted by molar-refractivity contribution is 6.01. The number of methoxy groups -OCH3 is 1. The van der Waals surface area contributed by atoms with E-state index in [-0.39, 0.29) is 18.3 Å². The molecule has 0 N–H and O–H groups in total. The lowest BCUT2D eigenvalue weighted by Crippen LogP contribution is -2.40. The topological polar surface area (TPSA) is 55.8 Å². The first-order chi connectivity index (χ1) is 15.2. The van der Waals surface area contributed by atoms with Crippen molar-refractivity contribution in [2.75, 3.05) is 27.8 Å². The molecular formula is C27H35NO4. The average molecular weight is 438 g/mol. The third-order valence-corrected chi connectivity index (χ3v) is 5.47. The van der Waals surface area contributed by atoms with E-state index in [1.54, 1.807) is 32.2 Å². The van der Waals surface area contributed by atoms with E-state index in [0.29, 0.717) is 17.9 Å². The summed E-state index contributed by atoms with van der Waals surface area (Å²) in [5.74, 6) is 1.32. The number of carbonyl (C=O) groups is 2. The Hall–Kier alpha value is -3.08. The van der Waals surface area contributed by atoms with Gasteiger partial charge in [0.15, 0.2) is 17.3 Å². The zero-order valence-electron chi connectivity index (χ0n) is 20.4. The first kappa shape index (κ1) is 25.2. The molecule has 0 radical (unpaired) electrons. The Labute approximate surface area is 192 Å². The zero-order chi connectivity index (χ0) is 24.1. The summed E-state index contributed by atoms with van der Waals surface area (Å²) in [6.45, 7) is 11.8. The molecule has 0 atom stereocenters. The molecule has 0 heterocycles. The molecule has 5 heteroatoms. The maximum atomic E-state index is 12.5. The minimum Gasteiger partial charge on any atom is -0.492 e. The lowest BCUT2D eigenvalue weighted by atomic mass is 9.92. The Balaban J connectivity index is 0.00000176. The fourth-order valence-electron chi connectivity index (χ4n) is 3.86. The van der Waals surface area contributed by atoms with Gasteiger partial charge in [0.1, 0.15) is 6.61 Å². The van der Waals surface area contributed by atoms with E-state index in [4.69, 9.17) is 9.47 Å². The van der Waals surface area contributed by atoms with Gasteiger partial charge in [-0.2, -0.15) is 0 Å². The second kappa shape index (κ2) is 10.5. The van der Waals surface area contributed by atoms with Crippen LogP contribution in [0.1, 0.15) is 55.6 Å². The third kappa shape index (κ3) is 5.04. The van der Waals surface area contributed by atoms with E-state index in [9.17, 15) is 9.59 Å². The van der Waals surface area contributed by atoms with Gasteiger partial charge in [0.25, 0.3) is 0 Å². The third-order valence-electron chi connectivity index (χ3n) is 5.47. The van der Waals surface area contributed by atoms with Gasteiger partial charge in [-0.1, -0.05) is 50.8 Å². The van der Waals surface area contributed by atoms with Crippen LogP contribution in [0.2, 0.25) is 0 Å². The fourth-order valence-corrected chi connectivity index (χ4v) is 3.86. The predicted octanol–water partition coefficient (Wildman–Crippen LogP) is 5.65. The van der Waals surface area contributed by atoms with Gasteiger partial charge in [-0.3, -0.25) is 9.59 Å². The molecule has 2 aromatic rings. The lowest BCUT2D eigenvalue weighted by molar-refractivity contribution is -0.139. The van der Waals surface area contributed by atoms with Crippen molar-refractivity contribution in [3.63, 3.8) is 0 Å². The highest BCUT2D eigenvalue weighted by atomic mass is 16.5. The van der Waals surface area contributed by atoms with Crippen molar-refractivity contribution in [3.05, 3.63) is 53.6 Å². The Morgan fingerprint density at radius 3 is 2.34 bits per heavy atom. The van der Waals surface area contributed by atoms with Gasteiger partial charge in [-0.25, -0.2) is 0 Å². The lowest BCUT2D eigenvalue weighted by Gasteiger charge is -2.28. The molecule has 0 saturated carbocycles. The molecule has 1 aliphatic rings. The number of ketones is 1. The number of ether oxygens (including phenoxy) is 2. The predicted molar refractivity (Wildman–Crippen MR) is 130 cm³/mol. The number of amides is 1. The van der Waals surface area contributed by atoms with E-state index >= 15 is 0 Å². The number of hydrogen-bond donors (Lipinski definition) is 0. The number of rotatable bonds is 7. The number of fused-ring (bicyclic) bond motifs is 1. The standard InChI is InChI=1S/C25H29NO4.C2H6/c1-7-16-8-12-20(18-9-11-19-17(14-18)10-13-21(19)27)23(22(16)29-6)30-15-25(2,3)24(28)26(4)5;1-2/h7-9,11-12,14H,1,10,13,15H2,2-6H3;1-2H3. The number of aryl methyl sites for hydroxylation is 1. The van der Waals surface area contributed by atoms with Crippen LogP contribution in [0.3, 0.4) is 0 Å². The largest absolute Gasteiger partial charge is 0.492 e. The molecule has 0 aromatic heterocycles. The average Bonchev–Trinajstić information content (AvgIpc) is 3.17. The monoisotopic (exact) mass is 437 g/mol. The van der Waals surface area contributed by atoms with Crippen LogP contribution in [-0.4, -0.2) is 44.4 Å². The van der Waals surface area contributed by atoms with Gasteiger partial charge in [-0.15, -0.1) is 0 Å². The molecule has 3 rings (SSSR count). The maximum absolute atomic E-state index is 12.5. The zero-order valence-corrected chi connectivity index (χ0v) is 20.4. The molecule has 1 amide bonds. The fraction of sp³-hybridized carbons (Fsp3) is 0.407. The summed E-state index contributed by atoms with van der Waals surface area (Å²) in [4.78, 5) is 26.1. The van der Waals surface area contributed by atoms with Crippen molar-refractivity contribution in [1.29, 1.82) is 0 Å². The van der Waals surface area contributed by atoms with Crippen molar-refractivity contribution in [2.45, 2.75) is 40.5 Å². The SMILES string of the molecule is C=Cc1ccc(-c2ccc3c(c2)CCC3=O)c(OCC(C)(C)C(=O)N(C)C)c1OC.CC. The molecule has 5 nitrogen and oxygen atoms in total. The van der Waals surface area contributed by atoms with Crippen molar-refractivity contribution in [2.24, 2.45) is 5.41 Å². The van der Waals surface area contributed by atoms with Crippen molar-refractivity contribution >= 4 is 17.8 Å². The summed E-state index contributed by atoms with van der Waals surface area (Å²) in [5, 5.41) is 0. The molecule has 0 saturated heterocycles. The van der Waals surface area contributed by atoms with Gasteiger partial charge in [0.05, 0.1) is 12.5 Å². The summed E-state index contributed by atoms with van der Waals surface area (Å²) >= 11 is 0. The minimum atomic E-state index is -0.708. The number of nitrogens with zero attached hydrogens (tertiary/aromatic N) is 1. The van der Waals surface area contributed by atoms with Gasteiger partial charge in [0.2, 0.25) is 5.91 Å². The van der Waals surface area contributed by atoms with E-state index in [2.05, 4.69) is 6.58 Å².